The van der Waals surface area contributed by atoms with Crippen molar-refractivity contribution in [2.75, 3.05) is 0 Å². The predicted molar refractivity (Wildman–Crippen MR) is 357 cm³/mol. The average molecular weight is 1260 g/mol. The Balaban J connectivity index is 0.000000227. The maximum Gasteiger partial charge on any atom is 0.477 e. The fourth-order valence-electron chi connectivity index (χ4n) is 11.4. The Kier molecular flexibility index (Phi) is 21.3. The van der Waals surface area contributed by atoms with Crippen LogP contribution in [0.15, 0.2) is 194 Å². The van der Waals surface area contributed by atoms with Gasteiger partial charge in [0.2, 0.25) is 0 Å². The van der Waals surface area contributed by atoms with Crippen molar-refractivity contribution in [3.8, 4) is 22.3 Å². The maximum atomic E-state index is 14.4. The number of carbonyl (C=O) groups is 4. The zero-order valence-electron chi connectivity index (χ0n) is 54.2. The summed E-state index contributed by atoms with van der Waals surface area (Å²) in [5, 5.41) is 26.4. The van der Waals surface area contributed by atoms with E-state index in [1.54, 1.807) is 84.8 Å². The van der Waals surface area contributed by atoms with Crippen LogP contribution in [0.2, 0.25) is 0 Å². The number of Topliss-reactive ketones (excluding diaryl/α,β-unsaturated/α-hetero) is 2. The number of rotatable bonds is 23. The molecule has 0 bridgehead atoms. The van der Waals surface area contributed by atoms with Gasteiger partial charge in [-0.2, -0.15) is 20.4 Å². The van der Waals surface area contributed by atoms with Gasteiger partial charge < -0.3 is 10.6 Å². The Morgan fingerprint density at radius 1 is 0.511 bits per heavy atom. The molecule has 10 aromatic rings. The molecule has 19 heteroatoms. The first-order chi connectivity index (χ1) is 43.8. The van der Waals surface area contributed by atoms with Crippen molar-refractivity contribution in [1.82, 2.24) is 50.2 Å². The number of phosphoric ester groups is 1. The number of H-pyrrole nitrogens is 1. The molecule has 0 radical (unpaired) electrons. The van der Waals surface area contributed by atoms with Crippen LogP contribution < -0.4 is 10.6 Å². The molecule has 2 atom stereocenters. The number of aryl methyl sites for hydroxylation is 5. The summed E-state index contributed by atoms with van der Waals surface area (Å²) in [7, 11) is -0.544. The van der Waals surface area contributed by atoms with E-state index < -0.39 is 37.0 Å². The van der Waals surface area contributed by atoms with Gasteiger partial charge in [0.1, 0.15) is 11.4 Å². The van der Waals surface area contributed by atoms with Crippen LogP contribution in [0.1, 0.15) is 131 Å². The molecule has 4 heterocycles. The molecule has 0 saturated heterocycles. The van der Waals surface area contributed by atoms with Crippen LogP contribution in [0, 0.1) is 27.7 Å². The highest BCUT2D eigenvalue weighted by atomic mass is 31.2. The van der Waals surface area contributed by atoms with Gasteiger partial charge in [0.15, 0.2) is 18.3 Å². The molecule has 10 rings (SSSR count). The lowest BCUT2D eigenvalue weighted by Gasteiger charge is -2.30. The molecule has 2 amide bonds. The van der Waals surface area contributed by atoms with E-state index in [-0.39, 0.29) is 48.9 Å². The predicted octanol–water partition coefficient (Wildman–Crippen LogP) is 13.5. The Bertz CT molecular complexity index is 4050. The van der Waals surface area contributed by atoms with Gasteiger partial charge in [-0.05, 0) is 126 Å². The van der Waals surface area contributed by atoms with E-state index in [4.69, 9.17) is 13.6 Å². The monoisotopic (exact) mass is 1260 g/mol. The number of nitrogens with one attached hydrogen (secondary N) is 3. The molecule has 0 spiro atoms. The van der Waals surface area contributed by atoms with Crippen molar-refractivity contribution < 1.29 is 37.3 Å². The number of hydrogen-bond acceptors (Lipinski definition) is 12. The van der Waals surface area contributed by atoms with E-state index >= 15 is 0 Å². The van der Waals surface area contributed by atoms with Crippen LogP contribution in [0.5, 0.6) is 0 Å². The van der Waals surface area contributed by atoms with Crippen LogP contribution in [0.3, 0.4) is 0 Å². The van der Waals surface area contributed by atoms with E-state index in [2.05, 4.69) is 36.1 Å². The van der Waals surface area contributed by atoms with Crippen molar-refractivity contribution in [2.45, 2.75) is 124 Å². The number of hydrogen-bond donors (Lipinski definition) is 3. The lowest BCUT2D eigenvalue weighted by atomic mass is 9.81. The van der Waals surface area contributed by atoms with Gasteiger partial charge in [-0.3, -0.25) is 47.2 Å². The molecule has 6 aromatic carbocycles. The molecular weight excluding hydrogens is 1180 g/mol. The lowest BCUT2D eigenvalue weighted by molar-refractivity contribution is -0.121. The van der Waals surface area contributed by atoms with E-state index in [1.807, 2.05) is 198 Å². The maximum absolute atomic E-state index is 14.4. The fourth-order valence-corrected chi connectivity index (χ4v) is 13.1. The minimum absolute atomic E-state index is 0.0772. The first-order valence-electron chi connectivity index (χ1n) is 30.6. The van der Waals surface area contributed by atoms with Crippen molar-refractivity contribution in [3.63, 3.8) is 0 Å². The Morgan fingerprint density at radius 3 is 1.21 bits per heavy atom. The second-order valence-corrected chi connectivity index (χ2v) is 26.3. The van der Waals surface area contributed by atoms with Crippen LogP contribution in [0.25, 0.3) is 22.3 Å². The zero-order chi connectivity index (χ0) is 65.9. The largest absolute Gasteiger partial charge is 0.477 e. The van der Waals surface area contributed by atoms with E-state index in [0.717, 1.165) is 78.4 Å². The highest BCUT2D eigenvalue weighted by Gasteiger charge is 2.39. The first-order valence-corrected chi connectivity index (χ1v) is 32.0. The number of carbonyl (C=O) groups excluding carboxylic acids is 4. The van der Waals surface area contributed by atoms with Gasteiger partial charge in [-0.25, -0.2) is 9.25 Å². The molecule has 0 saturated carbocycles. The number of ketones is 2. The number of aromatic amines is 1. The van der Waals surface area contributed by atoms with Crippen LogP contribution in [0.4, 0.5) is 0 Å². The number of aromatic nitrogens is 8. The lowest BCUT2D eigenvalue weighted by Crippen LogP contribution is -2.46. The summed E-state index contributed by atoms with van der Waals surface area (Å²) in [4.78, 5) is 55.4. The van der Waals surface area contributed by atoms with E-state index in [1.165, 1.54) is 9.36 Å². The van der Waals surface area contributed by atoms with Crippen molar-refractivity contribution in [3.05, 3.63) is 262 Å². The molecule has 4 aromatic heterocycles. The summed E-state index contributed by atoms with van der Waals surface area (Å²) >= 11 is 0. The van der Waals surface area contributed by atoms with Crippen LogP contribution >= 0.6 is 7.82 Å². The molecule has 18 nitrogen and oxygen atoms in total. The summed E-state index contributed by atoms with van der Waals surface area (Å²) in [6, 6.07) is 56.6. The summed E-state index contributed by atoms with van der Waals surface area (Å²) in [5.41, 5.74) is 12.0. The average Bonchev–Trinajstić information content (AvgIpc) is 1.42. The normalized spacial score (nSPS) is 12.5. The Hall–Kier alpha value is -9.45. The number of phosphoric acid groups is 1. The minimum atomic E-state index is -3.95. The van der Waals surface area contributed by atoms with Gasteiger partial charge in [-0.1, -0.05) is 170 Å². The van der Waals surface area contributed by atoms with Gasteiger partial charge in [0.05, 0.1) is 34.7 Å². The van der Waals surface area contributed by atoms with Gasteiger partial charge >= 0.3 is 7.82 Å². The molecule has 0 aliphatic heterocycles. The third-order valence-electron chi connectivity index (χ3n) is 15.5. The van der Waals surface area contributed by atoms with Crippen LogP contribution in [-0.4, -0.2) is 86.2 Å². The summed E-state index contributed by atoms with van der Waals surface area (Å²) in [6.07, 6.45) is 3.40. The topological polar surface area (TPSA) is 219 Å². The van der Waals surface area contributed by atoms with Gasteiger partial charge in [0.25, 0.3) is 11.8 Å². The van der Waals surface area contributed by atoms with Crippen molar-refractivity contribution in [2.24, 2.45) is 14.1 Å². The van der Waals surface area contributed by atoms with E-state index in [9.17, 15) is 23.7 Å². The molecule has 0 unspecified atom stereocenters. The molecule has 0 aliphatic rings. The second-order valence-electron chi connectivity index (χ2n) is 24.8. The third kappa shape index (κ3) is 16.9. The van der Waals surface area contributed by atoms with E-state index in [0.29, 0.717) is 11.4 Å². The second kappa shape index (κ2) is 29.2. The van der Waals surface area contributed by atoms with Gasteiger partial charge in [-0.15, -0.1) is 0 Å². The third-order valence-corrected chi connectivity index (χ3v) is 17.5. The zero-order valence-corrected chi connectivity index (χ0v) is 55.1. The summed E-state index contributed by atoms with van der Waals surface area (Å²) in [5.74, 6) is -1.74. The summed E-state index contributed by atoms with van der Waals surface area (Å²) in [6.45, 7) is 18.4. The SMILES string of the molecule is Cc1n[nH]c(C)c1-c1ccc(CC(=O)[C@@H](NC(=O)c2ccnn2C)C(c2ccccc2)c2ccccc2)cc1.Cc1nn(COP(=O)(OC(C)(C)C)OC(C)(C)C)c(C)c1-c1ccc(CC(=O)[C@@H](NC(=O)c2ccnn2C)C(c2ccccc2)c2ccccc2)cc1. The molecular formula is C73H81N10O8P. The minimum Gasteiger partial charge on any atom is -0.340 e. The van der Waals surface area contributed by atoms with Crippen LogP contribution in [-0.2, 0) is 61.4 Å². The van der Waals surface area contributed by atoms with Crippen molar-refractivity contribution >= 4 is 31.2 Å². The number of benzene rings is 6. The summed E-state index contributed by atoms with van der Waals surface area (Å²) < 4.78 is 35.6. The Morgan fingerprint density at radius 2 is 0.880 bits per heavy atom. The first kappa shape index (κ1) is 67.0. The standard InChI is InChI=1S/C41H50N5O6P.C32H31N5O2/c1-28-36(29(2)46(44-28)27-50-53(49,51-40(3,4)5)52-41(6,7)8)33-22-20-30(21-23-33)26-35(47)38(43-39(48)34-24-25-42-45(34)9)37(31-16-12-10-13-17-31)32-18-14-11-15-19-32;1-21-29(22(2)36-35-21)26-16-14-23(15-17-26)20-28(38)31(34-32(39)27-18-19-33-37(27)3)30(24-10-6-4-7-11-24)25-12-8-5-9-13-25/h10-25,37-38H,26-27H2,1-9H3,(H,43,48);4-19,30-31H,20H2,1-3H3,(H,34,39)(H,35,36)/t38-;31-/m11/s1. The van der Waals surface area contributed by atoms with Gasteiger partial charge in [0, 0.05) is 73.7 Å². The highest BCUT2D eigenvalue weighted by molar-refractivity contribution is 7.48. The molecule has 3 N–H and O–H groups in total. The Labute approximate surface area is 538 Å². The number of nitrogens with zero attached hydrogens (tertiary/aromatic N) is 7. The fraction of sp³-hybridized carbons (Fsp3) is 0.288. The van der Waals surface area contributed by atoms with Crippen molar-refractivity contribution in [1.29, 1.82) is 0 Å². The smallest absolute Gasteiger partial charge is 0.340 e. The highest BCUT2D eigenvalue weighted by Crippen LogP contribution is 2.55. The molecule has 0 aliphatic carbocycles. The molecule has 0 fully saturated rings. The number of amides is 2. The quantitative estimate of drug-likeness (QED) is 0.0509. The molecule has 476 valence electrons. The molecule has 92 heavy (non-hydrogen) atoms.